The molecule has 0 aromatic carbocycles. The van der Waals surface area contributed by atoms with Crippen LogP contribution in [0.15, 0.2) is 12.3 Å². The average Bonchev–Trinajstić information content (AvgIpc) is 0.773. The number of allylic oxidation sites excluding steroid dienone is 1. The second kappa shape index (κ2) is 43.2. The van der Waals surface area contributed by atoms with Gasteiger partial charge in [0.2, 0.25) is 0 Å². The molecule has 10 aliphatic rings. The van der Waals surface area contributed by atoms with Crippen LogP contribution in [0.3, 0.4) is 0 Å². The van der Waals surface area contributed by atoms with Crippen molar-refractivity contribution in [3.63, 3.8) is 0 Å². The van der Waals surface area contributed by atoms with E-state index in [4.69, 9.17) is 28.4 Å². The Morgan fingerprint density at radius 1 is 0.293 bits per heavy atom. The maximum atomic E-state index is 12.8. The van der Waals surface area contributed by atoms with Gasteiger partial charge < -0.3 is 79.5 Å². The summed E-state index contributed by atoms with van der Waals surface area (Å²) in [6, 6.07) is 0. The molecule has 0 spiro atoms. The largest absolute Gasteiger partial charge is 0.493 e. The lowest BCUT2D eigenvalue weighted by molar-refractivity contribution is -0.181. The normalized spacial score (nSPS) is 42.3. The fraction of sp³-hybridized carbons (Fsp3) is 0.931. The van der Waals surface area contributed by atoms with Crippen LogP contribution >= 0.6 is 0 Å². The molecule has 0 saturated heterocycles. The molecule has 10 aliphatic carbocycles. The summed E-state index contributed by atoms with van der Waals surface area (Å²) in [5, 5.41) is 104. The van der Waals surface area contributed by atoms with Crippen LogP contribution in [0.4, 0.5) is 0 Å². The first kappa shape index (κ1) is 108. The van der Waals surface area contributed by atoms with Gasteiger partial charge in [0.15, 0.2) is 0 Å². The highest BCUT2D eigenvalue weighted by Gasteiger charge is 2.61. The van der Waals surface area contributed by atoms with E-state index in [1.165, 1.54) is 7.11 Å². The first-order valence-electron chi connectivity index (χ1n) is 48.8. The van der Waals surface area contributed by atoms with Crippen molar-refractivity contribution < 1.29 is 103 Å². The Kier molecular flexibility index (Phi) is 38.1. The molecular formula is C102H182O21. The molecule has 0 heterocycles. The number of carbonyl (C=O) groups is 5. The lowest BCUT2D eigenvalue weighted by atomic mass is 9.52. The van der Waals surface area contributed by atoms with Gasteiger partial charge >= 0.3 is 29.8 Å². The molecule has 0 aromatic heterocycles. The summed E-state index contributed by atoms with van der Waals surface area (Å²) in [7, 11) is 1.43. The summed E-state index contributed by atoms with van der Waals surface area (Å²) in [4.78, 5) is 64.1. The Morgan fingerprint density at radius 2 is 0.496 bits per heavy atom. The van der Waals surface area contributed by atoms with Crippen LogP contribution in [-0.4, -0.2) is 177 Å². The molecular weight excluding hydrogens is 1560 g/mol. The molecule has 0 aromatic rings. The van der Waals surface area contributed by atoms with Crippen LogP contribution in [0.25, 0.3) is 0 Å². The van der Waals surface area contributed by atoms with Gasteiger partial charge in [-0.2, -0.15) is 0 Å². The van der Waals surface area contributed by atoms with Gasteiger partial charge in [-0.1, -0.05) is 140 Å². The van der Waals surface area contributed by atoms with Crippen molar-refractivity contribution >= 4 is 29.8 Å². The Balaban J connectivity index is 0.000000238. The van der Waals surface area contributed by atoms with Crippen molar-refractivity contribution in [1.82, 2.24) is 0 Å². The van der Waals surface area contributed by atoms with E-state index in [1.807, 2.05) is 132 Å². The van der Waals surface area contributed by atoms with E-state index in [9.17, 15) is 75.0 Å². The second-order valence-corrected chi connectivity index (χ2v) is 46.7. The number of fused-ring (bicyclic) bond motifs is 5. The predicted molar refractivity (Wildman–Crippen MR) is 482 cm³/mol. The lowest BCUT2D eigenvalue weighted by Gasteiger charge is -2.54. The van der Waals surface area contributed by atoms with Crippen LogP contribution in [0.1, 0.15) is 355 Å². The molecule has 10 rings (SSSR count). The summed E-state index contributed by atoms with van der Waals surface area (Å²) in [6.07, 6.45) is 12.4. The van der Waals surface area contributed by atoms with Crippen LogP contribution in [0, 0.1) is 152 Å². The quantitative estimate of drug-likeness (QED) is 0.0367. The van der Waals surface area contributed by atoms with Gasteiger partial charge in [-0.3, -0.25) is 24.0 Å². The number of hydrogen-bond donors (Lipinski definition) is 10. The highest BCUT2D eigenvalue weighted by Crippen LogP contribution is 2.62. The number of esters is 5. The molecule has 10 saturated carbocycles. The van der Waals surface area contributed by atoms with E-state index < -0.39 is 105 Å². The number of aliphatic hydroxyl groups is 10. The summed E-state index contributed by atoms with van der Waals surface area (Å²) in [5.41, 5.74) is -4.26. The third kappa shape index (κ3) is 26.3. The zero-order valence-corrected chi connectivity index (χ0v) is 82.6. The molecule has 21 nitrogen and oxygen atoms in total. The molecule has 10 fully saturated rings. The first-order valence-corrected chi connectivity index (χ1v) is 48.8. The molecule has 23 unspecified atom stereocenters. The van der Waals surface area contributed by atoms with Gasteiger partial charge in [-0.25, -0.2) is 0 Å². The number of carbonyl (C=O) groups excluding carboxylic acids is 5. The predicted octanol–water partition coefficient (Wildman–Crippen LogP) is 17.7. The molecule has 0 radical (unpaired) electrons. The van der Waals surface area contributed by atoms with Crippen LogP contribution in [0.5, 0.6) is 0 Å². The smallest absolute Gasteiger partial charge is 0.312 e. The molecule has 0 bridgehead atoms. The average molecular weight is 1740 g/mol. The summed E-state index contributed by atoms with van der Waals surface area (Å²) in [6.45, 7) is 62.3. The maximum Gasteiger partial charge on any atom is 0.312 e. The topological polar surface area (TPSA) is 343 Å². The van der Waals surface area contributed by atoms with Crippen LogP contribution < -0.4 is 0 Å². The van der Waals surface area contributed by atoms with Gasteiger partial charge in [0, 0.05) is 5.92 Å². The van der Waals surface area contributed by atoms with E-state index >= 15 is 0 Å². The minimum absolute atomic E-state index is 0.00592. The van der Waals surface area contributed by atoms with E-state index in [1.54, 1.807) is 0 Å². The fourth-order valence-corrected chi connectivity index (χ4v) is 26.9. The lowest BCUT2D eigenvalue weighted by Crippen LogP contribution is -2.55. The summed E-state index contributed by atoms with van der Waals surface area (Å²) >= 11 is 0. The standard InChI is InChI=1S/C22H38O5.4C20H36O4/c1-8-14-18-13(11-17(23)20(24)15(18)9-2)10-16(19(14)21(25)26-7)12(3)27-22(4,5)6;4*1-7-12-10-20(6,18(23)24-19(3,4)5)11-13-9-15(21)17(22)14(8-2)16(12)13/h13-20,23-24H,3,8-11H2,1-2,4-7H3;4*12-17,21-22H,7-11H2,1-6H3/t13?,14?,15?,16?,17?,18?,19-,20?;12?,13?,14?,15-,16?,17+,20+;12?,13?,14?,15-,16?,17+,20-;12?,13?,14?,15-,16?,17-,20+;12?,13?,14?,15-,16?,17-,20-/m00011/s1. The Labute approximate surface area is 744 Å². The molecule has 21 heteroatoms. The Hall–Kier alpha value is -3.51. The number of rotatable bonds is 17. The summed E-state index contributed by atoms with van der Waals surface area (Å²) < 4.78 is 34.1. The van der Waals surface area contributed by atoms with Crippen LogP contribution in [0.2, 0.25) is 0 Å². The fourth-order valence-electron chi connectivity index (χ4n) is 26.9. The minimum Gasteiger partial charge on any atom is -0.493 e. The van der Waals surface area contributed by atoms with E-state index in [0.29, 0.717) is 85.2 Å². The zero-order chi connectivity index (χ0) is 93.7. The first-order chi connectivity index (χ1) is 56.6. The van der Waals surface area contributed by atoms with Gasteiger partial charge in [0.1, 0.15) is 28.0 Å². The third-order valence-corrected chi connectivity index (χ3v) is 31.7. The van der Waals surface area contributed by atoms with Gasteiger partial charge in [-0.15, -0.1) is 0 Å². The van der Waals surface area contributed by atoms with E-state index in [0.717, 1.165) is 122 Å². The number of hydrogen-bond acceptors (Lipinski definition) is 21. The van der Waals surface area contributed by atoms with E-state index in [-0.39, 0.29) is 118 Å². The van der Waals surface area contributed by atoms with Gasteiger partial charge in [0.05, 0.1) is 101 Å². The van der Waals surface area contributed by atoms with Gasteiger partial charge in [0.25, 0.3) is 0 Å². The third-order valence-electron chi connectivity index (χ3n) is 31.7. The van der Waals surface area contributed by atoms with Crippen molar-refractivity contribution in [1.29, 1.82) is 0 Å². The second-order valence-electron chi connectivity index (χ2n) is 46.7. The zero-order valence-electron chi connectivity index (χ0n) is 82.6. The highest BCUT2D eigenvalue weighted by atomic mass is 16.6. The monoisotopic (exact) mass is 1740 g/mol. The molecule has 0 aliphatic heterocycles. The van der Waals surface area contributed by atoms with Crippen molar-refractivity contribution in [3.8, 4) is 0 Å². The highest BCUT2D eigenvalue weighted by molar-refractivity contribution is 5.79. The Bertz CT molecular complexity index is 3020. The maximum absolute atomic E-state index is 12.8. The van der Waals surface area contributed by atoms with Crippen molar-refractivity contribution in [2.75, 3.05) is 7.11 Å². The van der Waals surface area contributed by atoms with Crippen molar-refractivity contribution in [2.45, 2.75) is 444 Å². The summed E-state index contributed by atoms with van der Waals surface area (Å²) in [5.74, 6) is 4.84. The number of methoxy groups -OCH3 is 1. The minimum atomic E-state index is -0.728. The molecule has 10 N–H and O–H groups in total. The number of ether oxygens (including phenoxy) is 6. The van der Waals surface area contributed by atoms with Gasteiger partial charge in [-0.05, 0) is 340 Å². The van der Waals surface area contributed by atoms with Crippen LogP contribution in [-0.2, 0) is 52.4 Å². The molecule has 0 amide bonds. The molecule has 716 valence electrons. The van der Waals surface area contributed by atoms with Crippen molar-refractivity contribution in [2.24, 2.45) is 152 Å². The van der Waals surface area contributed by atoms with E-state index in [2.05, 4.69) is 75.8 Å². The number of aliphatic hydroxyl groups excluding tert-OH is 10. The molecule has 123 heavy (non-hydrogen) atoms. The Morgan fingerprint density at radius 3 is 0.683 bits per heavy atom. The molecule has 36 atom stereocenters. The van der Waals surface area contributed by atoms with Crippen molar-refractivity contribution in [3.05, 3.63) is 12.3 Å². The SMILES string of the molecule is C=C(OC(C)(C)C)C1CC2CC(O)C(O)C(CC)C2C(CC)[C@@H]1C(=O)OC.CCC1C[C@@](C)(C(=O)OC(C)(C)C)CC2C[C@@H](O)[C@H](O)C(CC)C12.CCC1C[C@@](C)(C(=O)OC(C)(C)C)CC2C[C@H](O)[C@H](O)C(CC)C12.CCC1C[C@](C)(C(=O)OC(C)(C)C)CC2C[C@@H](O)[C@H](O)C(CC)C12.CCC1C[C@](C)(C(=O)OC(C)(C)C)CC2C[C@H](O)[C@H](O)C(CC)C12.